The van der Waals surface area contributed by atoms with E-state index in [1.165, 1.54) is 0 Å². The molecule has 0 aromatic rings. The minimum atomic E-state index is -4.71. The number of alkyl halides is 3. The van der Waals surface area contributed by atoms with Crippen molar-refractivity contribution in [2.45, 2.75) is 38.1 Å². The molecular formula is C10H17F3N2O2. The van der Waals surface area contributed by atoms with E-state index in [0.29, 0.717) is 0 Å². The summed E-state index contributed by atoms with van der Waals surface area (Å²) in [5, 5.41) is 9.42. The number of nitrogens with zero attached hydrogens (tertiary/aromatic N) is 1. The number of hydrogen-bond acceptors (Lipinski definition) is 3. The Bertz CT molecular complexity index is 306. The highest BCUT2D eigenvalue weighted by atomic mass is 19.4. The summed E-state index contributed by atoms with van der Waals surface area (Å²) in [5.74, 6) is -0.995. The predicted molar refractivity (Wildman–Crippen MR) is 55.0 cm³/mol. The van der Waals surface area contributed by atoms with Crippen molar-refractivity contribution in [1.29, 1.82) is 0 Å². The Morgan fingerprint density at radius 1 is 1.47 bits per heavy atom. The van der Waals surface area contributed by atoms with Crippen LogP contribution in [-0.2, 0) is 4.79 Å². The van der Waals surface area contributed by atoms with E-state index in [9.17, 15) is 23.1 Å². The third-order valence-corrected chi connectivity index (χ3v) is 3.27. The maximum Gasteiger partial charge on any atom is 0.419 e. The maximum absolute atomic E-state index is 12.5. The number of carbonyl (C=O) groups is 1. The SMILES string of the molecule is CC(N)C(C)C(=O)N1CCC(O)(C(F)(F)F)C1. The molecule has 1 aliphatic rings. The van der Waals surface area contributed by atoms with Crippen LogP contribution in [0.25, 0.3) is 0 Å². The molecule has 0 aliphatic carbocycles. The van der Waals surface area contributed by atoms with Crippen molar-refractivity contribution in [2.24, 2.45) is 11.7 Å². The zero-order valence-electron chi connectivity index (χ0n) is 9.79. The minimum Gasteiger partial charge on any atom is -0.379 e. The number of rotatable bonds is 2. The molecule has 1 aliphatic heterocycles. The number of β-amino-alcohol motifs (C(OH)–C–C–N with tert-alkyl or cyclic N) is 1. The zero-order valence-corrected chi connectivity index (χ0v) is 9.79. The molecule has 0 bridgehead atoms. The van der Waals surface area contributed by atoms with E-state index in [2.05, 4.69) is 0 Å². The second-order valence-electron chi connectivity index (χ2n) is 4.69. The van der Waals surface area contributed by atoms with Crippen molar-refractivity contribution >= 4 is 5.91 Å². The lowest BCUT2D eigenvalue weighted by Gasteiger charge is -2.27. The molecule has 3 N–H and O–H groups in total. The maximum atomic E-state index is 12.5. The Morgan fingerprint density at radius 2 is 2.00 bits per heavy atom. The van der Waals surface area contributed by atoms with E-state index in [4.69, 9.17) is 5.73 Å². The van der Waals surface area contributed by atoms with Crippen molar-refractivity contribution in [3.63, 3.8) is 0 Å². The molecule has 1 heterocycles. The van der Waals surface area contributed by atoms with Gasteiger partial charge in [-0.1, -0.05) is 6.92 Å². The topological polar surface area (TPSA) is 66.6 Å². The lowest BCUT2D eigenvalue weighted by molar-refractivity contribution is -0.253. The fraction of sp³-hybridized carbons (Fsp3) is 0.900. The lowest BCUT2D eigenvalue weighted by Crippen LogP contribution is -2.49. The molecule has 3 unspecified atom stereocenters. The Hall–Kier alpha value is -0.820. The van der Waals surface area contributed by atoms with Gasteiger partial charge in [-0.2, -0.15) is 13.2 Å². The Morgan fingerprint density at radius 3 is 2.35 bits per heavy atom. The lowest BCUT2D eigenvalue weighted by atomic mass is 10.0. The number of likely N-dealkylation sites (tertiary alicyclic amines) is 1. The van der Waals surface area contributed by atoms with Gasteiger partial charge in [-0.3, -0.25) is 4.79 Å². The van der Waals surface area contributed by atoms with E-state index >= 15 is 0 Å². The van der Waals surface area contributed by atoms with Crippen LogP contribution in [-0.4, -0.2) is 46.8 Å². The monoisotopic (exact) mass is 254 g/mol. The number of hydrogen-bond donors (Lipinski definition) is 2. The summed E-state index contributed by atoms with van der Waals surface area (Å²) in [5.41, 5.74) is 2.75. The molecule has 0 radical (unpaired) electrons. The van der Waals surface area contributed by atoms with E-state index < -0.39 is 42.6 Å². The molecule has 0 aromatic carbocycles. The highest BCUT2D eigenvalue weighted by Gasteiger charge is 2.58. The second kappa shape index (κ2) is 4.45. The number of aliphatic hydroxyl groups is 1. The average Bonchev–Trinajstić information content (AvgIpc) is 2.59. The molecule has 0 spiro atoms. The Labute approximate surface area is 97.6 Å². The summed E-state index contributed by atoms with van der Waals surface area (Å²) in [7, 11) is 0. The van der Waals surface area contributed by atoms with E-state index in [0.717, 1.165) is 4.90 Å². The summed E-state index contributed by atoms with van der Waals surface area (Å²) in [4.78, 5) is 12.8. The molecular weight excluding hydrogens is 237 g/mol. The molecule has 7 heteroatoms. The minimum absolute atomic E-state index is 0.0914. The molecule has 1 saturated heterocycles. The van der Waals surface area contributed by atoms with Crippen molar-refractivity contribution in [3.8, 4) is 0 Å². The van der Waals surface area contributed by atoms with Gasteiger partial charge in [-0.05, 0) is 6.92 Å². The zero-order chi connectivity index (χ0) is 13.4. The van der Waals surface area contributed by atoms with Crippen molar-refractivity contribution < 1.29 is 23.1 Å². The van der Waals surface area contributed by atoms with Crippen LogP contribution in [0, 0.1) is 5.92 Å². The third-order valence-electron chi connectivity index (χ3n) is 3.27. The van der Waals surface area contributed by atoms with Crippen LogP contribution < -0.4 is 5.73 Å². The number of halogens is 3. The molecule has 100 valence electrons. The van der Waals surface area contributed by atoms with Crippen LogP contribution >= 0.6 is 0 Å². The van der Waals surface area contributed by atoms with Gasteiger partial charge in [0.2, 0.25) is 5.91 Å². The van der Waals surface area contributed by atoms with Crippen LogP contribution in [0.4, 0.5) is 13.2 Å². The van der Waals surface area contributed by atoms with Gasteiger partial charge >= 0.3 is 6.18 Å². The van der Waals surface area contributed by atoms with Crippen LogP contribution in [0.2, 0.25) is 0 Å². The molecule has 0 aromatic heterocycles. The van der Waals surface area contributed by atoms with Gasteiger partial charge in [0.15, 0.2) is 5.60 Å². The first-order chi connectivity index (χ1) is 7.58. The van der Waals surface area contributed by atoms with Gasteiger partial charge in [0.1, 0.15) is 0 Å². The van der Waals surface area contributed by atoms with E-state index in [1.807, 2.05) is 0 Å². The fourth-order valence-electron chi connectivity index (χ4n) is 1.73. The first kappa shape index (κ1) is 14.2. The molecule has 0 saturated carbocycles. The van der Waals surface area contributed by atoms with Gasteiger partial charge < -0.3 is 15.7 Å². The van der Waals surface area contributed by atoms with Gasteiger partial charge in [-0.15, -0.1) is 0 Å². The van der Waals surface area contributed by atoms with Crippen molar-refractivity contribution in [3.05, 3.63) is 0 Å². The molecule has 1 fully saturated rings. The van der Waals surface area contributed by atoms with Crippen LogP contribution in [0.3, 0.4) is 0 Å². The summed E-state index contributed by atoms with van der Waals surface area (Å²) < 4.78 is 37.6. The first-order valence-corrected chi connectivity index (χ1v) is 5.42. The van der Waals surface area contributed by atoms with Gasteiger partial charge in [0, 0.05) is 19.0 Å². The van der Waals surface area contributed by atoms with Gasteiger partial charge in [0.05, 0.1) is 12.5 Å². The Kier molecular flexibility index (Phi) is 3.73. The summed E-state index contributed by atoms with van der Waals surface area (Å²) in [6, 6.07) is -0.429. The molecule has 17 heavy (non-hydrogen) atoms. The first-order valence-electron chi connectivity index (χ1n) is 5.42. The summed E-state index contributed by atoms with van der Waals surface area (Å²) in [6.07, 6.45) is -5.19. The molecule has 4 nitrogen and oxygen atoms in total. The third kappa shape index (κ3) is 2.71. The fourth-order valence-corrected chi connectivity index (χ4v) is 1.73. The van der Waals surface area contributed by atoms with Crippen LogP contribution in [0.5, 0.6) is 0 Å². The smallest absolute Gasteiger partial charge is 0.379 e. The predicted octanol–water partition coefficient (Wildman–Crippen LogP) is 0.495. The largest absolute Gasteiger partial charge is 0.419 e. The number of carbonyl (C=O) groups excluding carboxylic acids is 1. The molecule has 1 rings (SSSR count). The molecule has 1 amide bonds. The normalized spacial score (nSPS) is 29.2. The highest BCUT2D eigenvalue weighted by Crippen LogP contribution is 2.37. The van der Waals surface area contributed by atoms with Crippen LogP contribution in [0.1, 0.15) is 20.3 Å². The quantitative estimate of drug-likeness (QED) is 0.754. The Balaban J connectivity index is 2.71. The molecule has 3 atom stereocenters. The standard InChI is InChI=1S/C10H17F3N2O2/c1-6(7(2)14)8(16)15-4-3-9(17,5-15)10(11,12)13/h6-7,17H,3-5,14H2,1-2H3. The van der Waals surface area contributed by atoms with Gasteiger partial charge in [-0.25, -0.2) is 0 Å². The summed E-state index contributed by atoms with van der Waals surface area (Å²) >= 11 is 0. The van der Waals surface area contributed by atoms with Crippen molar-refractivity contribution in [1.82, 2.24) is 4.90 Å². The summed E-state index contributed by atoms with van der Waals surface area (Å²) in [6.45, 7) is 2.39. The second-order valence-corrected chi connectivity index (χ2v) is 4.69. The number of nitrogens with two attached hydrogens (primary N) is 1. The highest BCUT2D eigenvalue weighted by molar-refractivity contribution is 5.79. The average molecular weight is 254 g/mol. The van der Waals surface area contributed by atoms with Crippen molar-refractivity contribution in [2.75, 3.05) is 13.1 Å². The van der Waals surface area contributed by atoms with E-state index in [-0.39, 0.29) is 6.54 Å². The number of amides is 1. The van der Waals surface area contributed by atoms with Gasteiger partial charge in [0.25, 0.3) is 0 Å². The van der Waals surface area contributed by atoms with Crippen LogP contribution in [0.15, 0.2) is 0 Å². The van der Waals surface area contributed by atoms with E-state index in [1.54, 1.807) is 13.8 Å².